The van der Waals surface area contributed by atoms with Crippen LogP contribution in [0.15, 0.2) is 42.5 Å². The molecule has 9 heteroatoms. The molecule has 0 saturated carbocycles. The molecule has 2 aromatic rings. The van der Waals surface area contributed by atoms with Gasteiger partial charge < -0.3 is 5.32 Å². The molecule has 7 nitrogen and oxygen atoms in total. The summed E-state index contributed by atoms with van der Waals surface area (Å²) in [4.78, 5) is 33.5. The van der Waals surface area contributed by atoms with Gasteiger partial charge in [-0.2, -0.15) is 0 Å². The van der Waals surface area contributed by atoms with E-state index in [4.69, 9.17) is 11.6 Å². The Hall–Kier alpha value is -3.00. The molecule has 0 aliphatic rings. The summed E-state index contributed by atoms with van der Waals surface area (Å²) < 4.78 is 13.1. The summed E-state index contributed by atoms with van der Waals surface area (Å²) in [7, 11) is 0. The fourth-order valence-electron chi connectivity index (χ4n) is 1.67. The number of amides is 3. The Kier molecular flexibility index (Phi) is 4.87. The average molecular weight is 338 g/mol. The highest BCUT2D eigenvalue weighted by atomic mass is 35.5. The van der Waals surface area contributed by atoms with Crippen LogP contribution >= 0.6 is 11.6 Å². The van der Waals surface area contributed by atoms with Crippen LogP contribution in [0.1, 0.15) is 10.4 Å². The highest BCUT2D eigenvalue weighted by Crippen LogP contribution is 2.17. The second-order valence-electron chi connectivity index (χ2n) is 4.34. The predicted octanol–water partition coefficient (Wildman–Crippen LogP) is 3.35. The highest BCUT2D eigenvalue weighted by Gasteiger charge is 2.15. The first-order chi connectivity index (χ1) is 10.9. The standard InChI is InChI=1S/C14H9ClFN3O4/c15-12-6-1-8(16)7-11(12)13(20)18-14(21)17-9-2-4-10(5-3-9)19(22)23/h1-7H,(H2,17,18,20,21). The summed E-state index contributed by atoms with van der Waals surface area (Å²) in [5.41, 5.74) is -0.0877. The number of non-ortho nitro benzene ring substituents is 1. The number of benzene rings is 2. The third-order valence-corrected chi connectivity index (χ3v) is 3.07. The van der Waals surface area contributed by atoms with Crippen LogP contribution in [0, 0.1) is 15.9 Å². The first-order valence-electron chi connectivity index (χ1n) is 6.18. The van der Waals surface area contributed by atoms with Gasteiger partial charge in [-0.05, 0) is 30.3 Å². The summed E-state index contributed by atoms with van der Waals surface area (Å²) in [6.45, 7) is 0. The zero-order valence-corrected chi connectivity index (χ0v) is 12.1. The molecule has 2 N–H and O–H groups in total. The largest absolute Gasteiger partial charge is 0.326 e. The van der Waals surface area contributed by atoms with E-state index in [9.17, 15) is 24.1 Å². The van der Waals surface area contributed by atoms with Gasteiger partial charge in [-0.1, -0.05) is 11.6 Å². The summed E-state index contributed by atoms with van der Waals surface area (Å²) in [6.07, 6.45) is 0. The van der Waals surface area contributed by atoms with Gasteiger partial charge in [0.25, 0.3) is 11.6 Å². The van der Waals surface area contributed by atoms with Crippen molar-refractivity contribution in [1.82, 2.24) is 5.32 Å². The van der Waals surface area contributed by atoms with Crippen molar-refractivity contribution in [3.63, 3.8) is 0 Å². The van der Waals surface area contributed by atoms with Gasteiger partial charge >= 0.3 is 6.03 Å². The van der Waals surface area contributed by atoms with E-state index in [1.165, 1.54) is 30.3 Å². The first-order valence-corrected chi connectivity index (χ1v) is 6.56. The molecule has 0 aliphatic heterocycles. The van der Waals surface area contributed by atoms with Crippen LogP contribution in [0.3, 0.4) is 0 Å². The van der Waals surface area contributed by atoms with Gasteiger partial charge in [0.1, 0.15) is 5.82 Å². The monoisotopic (exact) mass is 337 g/mol. The first kappa shape index (κ1) is 16.4. The van der Waals surface area contributed by atoms with E-state index in [1.54, 1.807) is 0 Å². The number of halogens is 2. The van der Waals surface area contributed by atoms with Gasteiger partial charge in [-0.25, -0.2) is 9.18 Å². The highest BCUT2D eigenvalue weighted by molar-refractivity contribution is 6.34. The zero-order valence-electron chi connectivity index (χ0n) is 11.4. The SMILES string of the molecule is O=C(NC(=O)c1cc(F)ccc1Cl)Nc1ccc([N+](=O)[O-])cc1. The molecule has 0 spiro atoms. The number of nitro benzene ring substituents is 1. The molecule has 118 valence electrons. The second-order valence-corrected chi connectivity index (χ2v) is 4.74. The van der Waals surface area contributed by atoms with Crippen molar-refractivity contribution >= 4 is 34.9 Å². The number of nitrogens with zero attached hydrogens (tertiary/aromatic N) is 1. The summed E-state index contributed by atoms with van der Waals surface area (Å²) in [5.74, 6) is -1.55. The molecule has 0 fully saturated rings. The Labute approximate surface area is 134 Å². The topological polar surface area (TPSA) is 101 Å². The summed E-state index contributed by atoms with van der Waals surface area (Å²) in [6, 6.07) is 7.28. The van der Waals surface area contributed by atoms with Gasteiger partial charge in [0.05, 0.1) is 15.5 Å². The molecule has 0 unspecified atom stereocenters. The van der Waals surface area contributed by atoms with E-state index >= 15 is 0 Å². The number of nitro groups is 1. The lowest BCUT2D eigenvalue weighted by Crippen LogP contribution is -2.34. The number of urea groups is 1. The summed E-state index contributed by atoms with van der Waals surface area (Å²) >= 11 is 5.76. The third-order valence-electron chi connectivity index (χ3n) is 2.74. The average Bonchev–Trinajstić information content (AvgIpc) is 2.50. The predicted molar refractivity (Wildman–Crippen MR) is 81.0 cm³/mol. The number of hydrogen-bond acceptors (Lipinski definition) is 4. The van der Waals surface area contributed by atoms with Crippen molar-refractivity contribution in [1.29, 1.82) is 0 Å². The Balaban J connectivity index is 2.03. The van der Waals surface area contributed by atoms with E-state index in [2.05, 4.69) is 5.32 Å². The van der Waals surface area contributed by atoms with Crippen LogP contribution in [0.25, 0.3) is 0 Å². The maximum atomic E-state index is 13.1. The smallest absolute Gasteiger partial charge is 0.308 e. The molecule has 0 aliphatic carbocycles. The van der Waals surface area contributed by atoms with Crippen LogP contribution in [-0.2, 0) is 0 Å². The van der Waals surface area contributed by atoms with E-state index in [0.29, 0.717) is 0 Å². The fraction of sp³-hybridized carbons (Fsp3) is 0. The van der Waals surface area contributed by atoms with Crippen LogP contribution in [0.4, 0.5) is 20.6 Å². The van der Waals surface area contributed by atoms with Gasteiger partial charge in [-0.15, -0.1) is 0 Å². The van der Waals surface area contributed by atoms with Crippen molar-refractivity contribution < 1.29 is 18.9 Å². The fourth-order valence-corrected chi connectivity index (χ4v) is 1.87. The molecule has 3 amide bonds. The molecule has 0 atom stereocenters. The maximum Gasteiger partial charge on any atom is 0.326 e. The normalized spacial score (nSPS) is 10.0. The second kappa shape index (κ2) is 6.84. The van der Waals surface area contributed by atoms with E-state index in [0.717, 1.165) is 12.1 Å². The molecular formula is C14H9ClFN3O4. The molecule has 2 aromatic carbocycles. The number of hydrogen-bond donors (Lipinski definition) is 2. The Morgan fingerprint density at radius 2 is 1.78 bits per heavy atom. The number of anilines is 1. The van der Waals surface area contributed by atoms with Crippen LogP contribution in [0.2, 0.25) is 5.02 Å². The number of rotatable bonds is 3. The minimum absolute atomic E-state index is 0.00737. The van der Waals surface area contributed by atoms with Crippen molar-refractivity contribution in [2.75, 3.05) is 5.32 Å². The van der Waals surface area contributed by atoms with Crippen LogP contribution in [-0.4, -0.2) is 16.9 Å². The quantitative estimate of drug-likeness (QED) is 0.662. The van der Waals surface area contributed by atoms with Crippen LogP contribution < -0.4 is 10.6 Å². The minimum atomic E-state index is -0.885. The molecule has 2 rings (SSSR count). The van der Waals surface area contributed by atoms with Crippen LogP contribution in [0.5, 0.6) is 0 Å². The number of imide groups is 1. The number of carbonyl (C=O) groups excluding carboxylic acids is 2. The molecular weight excluding hydrogens is 329 g/mol. The maximum absolute atomic E-state index is 13.1. The van der Waals surface area contributed by atoms with Gasteiger partial charge in [0.15, 0.2) is 0 Å². The minimum Gasteiger partial charge on any atom is -0.308 e. The zero-order chi connectivity index (χ0) is 17.0. The van der Waals surface area contributed by atoms with Gasteiger partial charge in [-0.3, -0.25) is 20.2 Å². The van der Waals surface area contributed by atoms with E-state index in [1.807, 2.05) is 5.32 Å². The number of nitrogens with one attached hydrogen (secondary N) is 2. The molecule has 0 saturated heterocycles. The molecule has 0 heterocycles. The van der Waals surface area contributed by atoms with E-state index in [-0.39, 0.29) is 22.0 Å². The lowest BCUT2D eigenvalue weighted by Gasteiger charge is -2.07. The molecule has 0 aromatic heterocycles. The summed E-state index contributed by atoms with van der Waals surface area (Å²) in [5, 5.41) is 14.8. The Bertz CT molecular complexity index is 780. The van der Waals surface area contributed by atoms with Gasteiger partial charge in [0.2, 0.25) is 0 Å². The van der Waals surface area contributed by atoms with Gasteiger partial charge in [0, 0.05) is 17.8 Å². The Morgan fingerprint density at radius 1 is 1.13 bits per heavy atom. The molecule has 0 radical (unpaired) electrons. The molecule has 23 heavy (non-hydrogen) atoms. The van der Waals surface area contributed by atoms with Crippen molar-refractivity contribution in [2.45, 2.75) is 0 Å². The van der Waals surface area contributed by atoms with E-state index < -0.39 is 22.7 Å². The number of carbonyl (C=O) groups is 2. The van der Waals surface area contributed by atoms with Crippen molar-refractivity contribution in [3.8, 4) is 0 Å². The van der Waals surface area contributed by atoms with Crippen molar-refractivity contribution in [3.05, 3.63) is 69.0 Å². The lowest BCUT2D eigenvalue weighted by atomic mass is 10.2. The Morgan fingerprint density at radius 3 is 2.39 bits per heavy atom. The van der Waals surface area contributed by atoms with Crippen molar-refractivity contribution in [2.24, 2.45) is 0 Å². The lowest BCUT2D eigenvalue weighted by molar-refractivity contribution is -0.384. The molecule has 0 bridgehead atoms. The third kappa shape index (κ3) is 4.24.